The van der Waals surface area contributed by atoms with Crippen molar-refractivity contribution in [1.29, 1.82) is 0 Å². The minimum absolute atomic E-state index is 0.0277. The lowest BCUT2D eigenvalue weighted by Crippen LogP contribution is -2.56. The van der Waals surface area contributed by atoms with Crippen LogP contribution in [0.25, 0.3) is 0 Å². The van der Waals surface area contributed by atoms with E-state index in [4.69, 9.17) is 0 Å². The van der Waals surface area contributed by atoms with Crippen molar-refractivity contribution in [3.63, 3.8) is 0 Å². The highest BCUT2D eigenvalue weighted by molar-refractivity contribution is 7.09. The van der Waals surface area contributed by atoms with Crippen LogP contribution in [-0.2, 0) is 4.79 Å². The zero-order chi connectivity index (χ0) is 19.2. The quantitative estimate of drug-likeness (QED) is 0.856. The van der Waals surface area contributed by atoms with Crippen molar-refractivity contribution in [1.82, 2.24) is 20.1 Å². The van der Waals surface area contributed by atoms with Crippen molar-refractivity contribution < 1.29 is 9.59 Å². The summed E-state index contributed by atoms with van der Waals surface area (Å²) in [6.07, 6.45) is 2.88. The number of nitrogens with one attached hydrogen (secondary N) is 1. The van der Waals surface area contributed by atoms with Crippen molar-refractivity contribution in [3.05, 3.63) is 16.1 Å². The van der Waals surface area contributed by atoms with E-state index in [1.807, 2.05) is 17.2 Å². The van der Waals surface area contributed by atoms with E-state index in [0.717, 1.165) is 37.5 Å². The molecular weight excluding hydrogens is 360 g/mol. The van der Waals surface area contributed by atoms with Gasteiger partial charge in [-0.3, -0.25) is 9.59 Å². The number of carbonyl (C=O) groups excluding carboxylic acids is 2. The van der Waals surface area contributed by atoms with Gasteiger partial charge in [-0.1, -0.05) is 20.3 Å². The smallest absolute Gasteiger partial charge is 0.273 e. The number of thiazole rings is 1. The predicted octanol–water partition coefficient (Wildman–Crippen LogP) is 2.15. The minimum atomic E-state index is -0.124. The largest absolute Gasteiger partial charge is 0.350 e. The molecule has 3 fully saturated rings. The Labute approximate surface area is 165 Å². The monoisotopic (exact) mass is 390 g/mol. The van der Waals surface area contributed by atoms with Crippen molar-refractivity contribution in [2.24, 2.45) is 17.8 Å². The predicted molar refractivity (Wildman–Crippen MR) is 106 cm³/mol. The summed E-state index contributed by atoms with van der Waals surface area (Å²) < 4.78 is 0. The maximum atomic E-state index is 12.7. The summed E-state index contributed by atoms with van der Waals surface area (Å²) in [6, 6.07) is 0. The van der Waals surface area contributed by atoms with E-state index in [1.54, 1.807) is 0 Å². The number of likely N-dealkylation sites (tertiary alicyclic amines) is 2. The SMILES string of the molecule is CCC(C)CN1C[C@H]2C(=O)NC3(CCN(C(=O)c4csc(C)n4)CC3)[C@H]2C1. The van der Waals surface area contributed by atoms with E-state index in [2.05, 4.69) is 29.0 Å². The summed E-state index contributed by atoms with van der Waals surface area (Å²) in [5.74, 6) is 1.43. The molecule has 3 aliphatic heterocycles. The summed E-state index contributed by atoms with van der Waals surface area (Å²) in [7, 11) is 0. The van der Waals surface area contributed by atoms with Crippen LogP contribution in [0.2, 0.25) is 0 Å². The molecule has 4 rings (SSSR count). The lowest BCUT2D eigenvalue weighted by Gasteiger charge is -2.42. The molecule has 3 saturated heterocycles. The number of amides is 2. The Morgan fingerprint density at radius 1 is 1.41 bits per heavy atom. The fraction of sp³-hybridized carbons (Fsp3) is 0.750. The number of aryl methyl sites for hydroxylation is 1. The second-order valence-electron chi connectivity index (χ2n) is 8.63. The first kappa shape index (κ1) is 18.9. The molecule has 0 aromatic carbocycles. The number of nitrogens with zero attached hydrogens (tertiary/aromatic N) is 3. The van der Waals surface area contributed by atoms with Gasteiger partial charge in [0.1, 0.15) is 5.69 Å². The van der Waals surface area contributed by atoms with Gasteiger partial charge in [0, 0.05) is 49.6 Å². The summed E-state index contributed by atoms with van der Waals surface area (Å²) in [6.45, 7) is 10.8. The first-order valence-electron chi connectivity index (χ1n) is 10.2. The molecule has 0 saturated carbocycles. The average Bonchev–Trinajstić information content (AvgIpc) is 3.33. The molecule has 4 heterocycles. The Balaban J connectivity index is 1.41. The zero-order valence-electron chi connectivity index (χ0n) is 16.5. The number of fused-ring (bicyclic) bond motifs is 2. The van der Waals surface area contributed by atoms with E-state index in [1.165, 1.54) is 17.8 Å². The third-order valence-electron chi connectivity index (χ3n) is 6.86. The normalized spacial score (nSPS) is 28.4. The van der Waals surface area contributed by atoms with Crippen LogP contribution in [0.4, 0.5) is 0 Å². The highest BCUT2D eigenvalue weighted by Crippen LogP contribution is 2.44. The zero-order valence-corrected chi connectivity index (χ0v) is 17.3. The van der Waals surface area contributed by atoms with E-state index in [9.17, 15) is 9.59 Å². The highest BCUT2D eigenvalue weighted by Gasteiger charge is 2.57. The van der Waals surface area contributed by atoms with Gasteiger partial charge in [0.25, 0.3) is 5.91 Å². The molecule has 148 valence electrons. The summed E-state index contributed by atoms with van der Waals surface area (Å²) >= 11 is 1.51. The molecule has 1 N–H and O–H groups in total. The first-order valence-corrected chi connectivity index (χ1v) is 11.1. The van der Waals surface area contributed by atoms with Crippen molar-refractivity contribution in [2.45, 2.75) is 45.6 Å². The van der Waals surface area contributed by atoms with Crippen LogP contribution in [0.3, 0.4) is 0 Å². The molecule has 0 aliphatic carbocycles. The maximum Gasteiger partial charge on any atom is 0.273 e. The standard InChI is InChI=1S/C20H30N4O2S/c1-4-13(2)9-23-10-15-16(11-23)20(22-18(15)25)5-7-24(8-6-20)19(26)17-12-27-14(3)21-17/h12-13,15-16H,4-11H2,1-3H3,(H,22,25)/t13?,15-,16+/m1/s1. The number of piperidine rings is 1. The van der Waals surface area contributed by atoms with Gasteiger partial charge in [-0.05, 0) is 25.7 Å². The highest BCUT2D eigenvalue weighted by atomic mass is 32.1. The number of hydrogen-bond donors (Lipinski definition) is 1. The Morgan fingerprint density at radius 3 is 2.78 bits per heavy atom. The van der Waals surface area contributed by atoms with Gasteiger partial charge in [0.2, 0.25) is 5.91 Å². The second-order valence-corrected chi connectivity index (χ2v) is 9.70. The molecule has 3 aliphatic rings. The van der Waals surface area contributed by atoms with Gasteiger partial charge in [-0.2, -0.15) is 0 Å². The lowest BCUT2D eigenvalue weighted by molar-refractivity contribution is -0.123. The Bertz CT molecular complexity index is 725. The van der Waals surface area contributed by atoms with E-state index < -0.39 is 0 Å². The van der Waals surface area contributed by atoms with Gasteiger partial charge in [0.15, 0.2) is 0 Å². The van der Waals surface area contributed by atoms with Crippen molar-refractivity contribution in [3.8, 4) is 0 Å². The first-order chi connectivity index (χ1) is 12.9. The molecular formula is C20H30N4O2S. The number of rotatable bonds is 4. The molecule has 0 radical (unpaired) electrons. The Morgan fingerprint density at radius 2 is 2.15 bits per heavy atom. The third-order valence-corrected chi connectivity index (χ3v) is 7.64. The van der Waals surface area contributed by atoms with Gasteiger partial charge in [-0.25, -0.2) is 4.98 Å². The van der Waals surface area contributed by atoms with E-state index in [-0.39, 0.29) is 23.3 Å². The molecule has 0 bridgehead atoms. The van der Waals surface area contributed by atoms with Gasteiger partial charge in [-0.15, -0.1) is 11.3 Å². The van der Waals surface area contributed by atoms with Gasteiger partial charge < -0.3 is 15.1 Å². The molecule has 1 aromatic heterocycles. The molecule has 1 unspecified atom stereocenters. The Hall–Kier alpha value is -1.47. The molecule has 7 heteroatoms. The summed E-state index contributed by atoms with van der Waals surface area (Å²) in [5, 5.41) is 6.11. The van der Waals surface area contributed by atoms with Gasteiger partial charge in [0.05, 0.1) is 10.9 Å². The van der Waals surface area contributed by atoms with Crippen molar-refractivity contribution >= 4 is 23.2 Å². The molecule has 1 aromatic rings. The van der Waals surface area contributed by atoms with Crippen molar-refractivity contribution in [2.75, 3.05) is 32.7 Å². The van der Waals surface area contributed by atoms with Crippen LogP contribution < -0.4 is 5.32 Å². The maximum absolute atomic E-state index is 12.7. The molecule has 27 heavy (non-hydrogen) atoms. The second kappa shape index (κ2) is 7.17. The molecule has 6 nitrogen and oxygen atoms in total. The average molecular weight is 391 g/mol. The van der Waals surface area contributed by atoms with E-state index in [0.29, 0.717) is 30.6 Å². The molecule has 1 spiro atoms. The third kappa shape index (κ3) is 3.40. The minimum Gasteiger partial charge on any atom is -0.350 e. The fourth-order valence-corrected chi connectivity index (χ4v) is 5.68. The Kier molecular flexibility index (Phi) is 5.01. The number of carbonyl (C=O) groups is 2. The van der Waals surface area contributed by atoms with E-state index >= 15 is 0 Å². The fourth-order valence-electron chi connectivity index (χ4n) is 5.09. The summed E-state index contributed by atoms with van der Waals surface area (Å²) in [4.78, 5) is 34.1. The van der Waals surface area contributed by atoms with Crippen LogP contribution in [0.15, 0.2) is 5.38 Å². The number of hydrogen-bond acceptors (Lipinski definition) is 5. The van der Waals surface area contributed by atoms with Crippen LogP contribution in [-0.4, -0.2) is 64.9 Å². The van der Waals surface area contributed by atoms with Crippen LogP contribution in [0, 0.1) is 24.7 Å². The van der Waals surface area contributed by atoms with Crippen LogP contribution in [0.5, 0.6) is 0 Å². The lowest BCUT2D eigenvalue weighted by atomic mass is 9.75. The molecule has 3 atom stereocenters. The van der Waals surface area contributed by atoms with Gasteiger partial charge >= 0.3 is 0 Å². The van der Waals surface area contributed by atoms with Crippen LogP contribution >= 0.6 is 11.3 Å². The van der Waals surface area contributed by atoms with Crippen LogP contribution in [0.1, 0.15) is 48.6 Å². The molecule has 2 amide bonds. The summed E-state index contributed by atoms with van der Waals surface area (Å²) in [5.41, 5.74) is 0.433. The topological polar surface area (TPSA) is 65.5 Å². The number of aromatic nitrogens is 1.